The Hall–Kier alpha value is -0.380. The molecule has 1 aromatic rings. The van der Waals surface area contributed by atoms with Gasteiger partial charge in [0.05, 0.1) is 0 Å². The maximum Gasteiger partial charge on any atom is 0.0239 e. The second-order valence-corrected chi connectivity index (χ2v) is 7.58. The van der Waals surface area contributed by atoms with Crippen molar-refractivity contribution in [1.29, 1.82) is 0 Å². The third-order valence-corrected chi connectivity index (χ3v) is 5.65. The zero-order valence-corrected chi connectivity index (χ0v) is 14.2. The van der Waals surface area contributed by atoms with Gasteiger partial charge in [-0.3, -0.25) is 0 Å². The fourth-order valence-corrected chi connectivity index (χ4v) is 4.31. The minimum absolute atomic E-state index is 0.704. The number of nitrogens with zero attached hydrogens (tertiary/aromatic N) is 1. The summed E-state index contributed by atoms with van der Waals surface area (Å²) in [4.78, 5) is 2.50. The molecule has 0 saturated heterocycles. The molecular formula is C17H30N2S. The molecule has 0 aromatic carbocycles. The first-order chi connectivity index (χ1) is 9.60. The largest absolute Gasteiger partial charge is 0.317 e. The van der Waals surface area contributed by atoms with Crippen LogP contribution in [0.2, 0.25) is 0 Å². The van der Waals surface area contributed by atoms with E-state index in [1.165, 1.54) is 31.4 Å². The molecule has 1 aliphatic rings. The van der Waals surface area contributed by atoms with Crippen LogP contribution < -0.4 is 5.32 Å². The van der Waals surface area contributed by atoms with Gasteiger partial charge in [-0.05, 0) is 73.5 Å². The van der Waals surface area contributed by atoms with Crippen LogP contribution in [0.5, 0.6) is 0 Å². The zero-order valence-electron chi connectivity index (χ0n) is 13.4. The summed E-state index contributed by atoms with van der Waals surface area (Å²) < 4.78 is 0. The van der Waals surface area contributed by atoms with E-state index in [2.05, 4.69) is 55.0 Å². The van der Waals surface area contributed by atoms with Gasteiger partial charge in [0.25, 0.3) is 0 Å². The van der Waals surface area contributed by atoms with Crippen molar-refractivity contribution in [1.82, 2.24) is 10.2 Å². The highest BCUT2D eigenvalue weighted by Gasteiger charge is 2.31. The Bertz CT molecular complexity index is 374. The molecule has 1 heterocycles. The molecule has 1 fully saturated rings. The molecule has 0 amide bonds. The Morgan fingerprint density at radius 3 is 2.80 bits per heavy atom. The lowest BCUT2D eigenvalue weighted by atomic mass is 9.73. The van der Waals surface area contributed by atoms with Gasteiger partial charge in [-0.25, -0.2) is 0 Å². The molecular weight excluding hydrogens is 264 g/mol. The molecule has 0 radical (unpaired) electrons. The minimum Gasteiger partial charge on any atom is -0.317 e. The van der Waals surface area contributed by atoms with Crippen molar-refractivity contribution in [2.45, 2.75) is 45.7 Å². The number of rotatable bonds is 6. The Balaban J connectivity index is 1.90. The highest BCUT2D eigenvalue weighted by atomic mass is 32.1. The first kappa shape index (κ1) is 16.0. The average Bonchev–Trinajstić information content (AvgIpc) is 2.91. The lowest BCUT2D eigenvalue weighted by molar-refractivity contribution is 0.134. The SMILES string of the molecule is CNC1CCC(C(C)C)CC1CN(C)Cc1ccsc1. The molecule has 1 aliphatic carbocycles. The van der Waals surface area contributed by atoms with Crippen LogP contribution in [0.15, 0.2) is 16.8 Å². The van der Waals surface area contributed by atoms with E-state index in [0.29, 0.717) is 6.04 Å². The molecule has 1 aromatic heterocycles. The van der Waals surface area contributed by atoms with Gasteiger partial charge in [0.15, 0.2) is 0 Å². The van der Waals surface area contributed by atoms with Crippen LogP contribution >= 0.6 is 11.3 Å². The average molecular weight is 295 g/mol. The van der Waals surface area contributed by atoms with Crippen LogP contribution in [0, 0.1) is 17.8 Å². The third kappa shape index (κ3) is 4.31. The van der Waals surface area contributed by atoms with E-state index in [4.69, 9.17) is 0 Å². The zero-order chi connectivity index (χ0) is 14.5. The summed E-state index contributed by atoms with van der Waals surface area (Å²) in [5.74, 6) is 2.54. The molecule has 20 heavy (non-hydrogen) atoms. The van der Waals surface area contributed by atoms with Gasteiger partial charge in [-0.2, -0.15) is 11.3 Å². The van der Waals surface area contributed by atoms with Crippen molar-refractivity contribution in [2.24, 2.45) is 17.8 Å². The molecule has 0 aliphatic heterocycles. The van der Waals surface area contributed by atoms with Crippen LogP contribution in [-0.2, 0) is 6.54 Å². The lowest BCUT2D eigenvalue weighted by Crippen LogP contribution is -2.44. The molecule has 2 nitrogen and oxygen atoms in total. The van der Waals surface area contributed by atoms with Crippen LogP contribution in [0.1, 0.15) is 38.7 Å². The monoisotopic (exact) mass is 294 g/mol. The molecule has 3 atom stereocenters. The van der Waals surface area contributed by atoms with Crippen molar-refractivity contribution in [3.8, 4) is 0 Å². The molecule has 3 unspecified atom stereocenters. The quantitative estimate of drug-likeness (QED) is 0.857. The Morgan fingerprint density at radius 2 is 2.20 bits per heavy atom. The molecule has 2 rings (SSSR count). The standard InChI is InChI=1S/C17H30N2S/c1-13(2)15-5-6-17(18-3)16(9-15)11-19(4)10-14-7-8-20-12-14/h7-8,12-13,15-18H,5-6,9-11H2,1-4H3. The minimum atomic E-state index is 0.704. The predicted molar refractivity (Wildman–Crippen MR) is 89.2 cm³/mol. The predicted octanol–water partition coefficient (Wildman–Crippen LogP) is 3.84. The van der Waals surface area contributed by atoms with Gasteiger partial charge in [0, 0.05) is 19.1 Å². The maximum absolute atomic E-state index is 3.55. The topological polar surface area (TPSA) is 15.3 Å². The lowest BCUT2D eigenvalue weighted by Gasteiger charge is -2.39. The summed E-state index contributed by atoms with van der Waals surface area (Å²) >= 11 is 1.80. The summed E-state index contributed by atoms with van der Waals surface area (Å²) in [6.07, 6.45) is 4.13. The summed E-state index contributed by atoms with van der Waals surface area (Å²) in [7, 11) is 4.40. The van der Waals surface area contributed by atoms with Gasteiger partial charge in [0.1, 0.15) is 0 Å². The van der Waals surface area contributed by atoms with Crippen LogP contribution in [-0.4, -0.2) is 31.6 Å². The Kier molecular flexibility index (Phi) is 6.06. The van der Waals surface area contributed by atoms with E-state index in [0.717, 1.165) is 24.3 Å². The van der Waals surface area contributed by atoms with Crippen molar-refractivity contribution >= 4 is 11.3 Å². The van der Waals surface area contributed by atoms with Gasteiger partial charge in [-0.1, -0.05) is 13.8 Å². The first-order valence-corrected chi connectivity index (χ1v) is 8.91. The van der Waals surface area contributed by atoms with E-state index >= 15 is 0 Å². The van der Waals surface area contributed by atoms with Crippen LogP contribution in [0.25, 0.3) is 0 Å². The fraction of sp³-hybridized carbons (Fsp3) is 0.765. The van der Waals surface area contributed by atoms with Crippen molar-refractivity contribution in [3.63, 3.8) is 0 Å². The molecule has 0 spiro atoms. The summed E-state index contributed by atoms with van der Waals surface area (Å²) in [5.41, 5.74) is 1.45. The van der Waals surface area contributed by atoms with Crippen LogP contribution in [0.3, 0.4) is 0 Å². The molecule has 0 bridgehead atoms. The highest BCUT2D eigenvalue weighted by Crippen LogP contribution is 2.34. The second kappa shape index (κ2) is 7.58. The number of thiophene rings is 1. The highest BCUT2D eigenvalue weighted by molar-refractivity contribution is 7.07. The van der Waals surface area contributed by atoms with E-state index in [1.807, 2.05) is 0 Å². The number of hydrogen-bond acceptors (Lipinski definition) is 3. The molecule has 1 saturated carbocycles. The third-order valence-electron chi connectivity index (χ3n) is 4.92. The molecule has 114 valence electrons. The van der Waals surface area contributed by atoms with Gasteiger partial charge in [-0.15, -0.1) is 0 Å². The Labute approximate surface area is 128 Å². The van der Waals surface area contributed by atoms with E-state index in [1.54, 1.807) is 11.3 Å². The van der Waals surface area contributed by atoms with Crippen LogP contribution in [0.4, 0.5) is 0 Å². The van der Waals surface area contributed by atoms with E-state index in [-0.39, 0.29) is 0 Å². The number of hydrogen-bond donors (Lipinski definition) is 1. The summed E-state index contributed by atoms with van der Waals surface area (Å²) in [6.45, 7) is 7.07. The molecule has 1 N–H and O–H groups in total. The fourth-order valence-electron chi connectivity index (χ4n) is 3.65. The second-order valence-electron chi connectivity index (χ2n) is 6.80. The van der Waals surface area contributed by atoms with Gasteiger partial charge in [0.2, 0.25) is 0 Å². The first-order valence-electron chi connectivity index (χ1n) is 7.97. The Morgan fingerprint density at radius 1 is 1.40 bits per heavy atom. The maximum atomic E-state index is 3.55. The van der Waals surface area contributed by atoms with Crippen molar-refractivity contribution in [3.05, 3.63) is 22.4 Å². The smallest absolute Gasteiger partial charge is 0.0239 e. The van der Waals surface area contributed by atoms with Crippen molar-refractivity contribution < 1.29 is 0 Å². The summed E-state index contributed by atoms with van der Waals surface area (Å²) in [5, 5.41) is 8.00. The van der Waals surface area contributed by atoms with E-state index < -0.39 is 0 Å². The normalized spacial score (nSPS) is 27.4. The summed E-state index contributed by atoms with van der Waals surface area (Å²) in [6, 6.07) is 2.95. The van der Waals surface area contributed by atoms with E-state index in [9.17, 15) is 0 Å². The molecule has 3 heteroatoms. The number of nitrogens with one attached hydrogen (secondary N) is 1. The van der Waals surface area contributed by atoms with Gasteiger partial charge < -0.3 is 10.2 Å². The van der Waals surface area contributed by atoms with Gasteiger partial charge >= 0.3 is 0 Å². The van der Waals surface area contributed by atoms with Crippen molar-refractivity contribution in [2.75, 3.05) is 20.6 Å².